The van der Waals surface area contributed by atoms with Crippen LogP contribution in [0.4, 0.5) is 9.18 Å². The molecular formula is C27H34FN5O4S. The lowest BCUT2D eigenvalue weighted by molar-refractivity contribution is -0.0801. The van der Waals surface area contributed by atoms with Gasteiger partial charge in [0.05, 0.1) is 6.10 Å². The lowest BCUT2D eigenvalue weighted by Gasteiger charge is -2.61. The highest BCUT2D eigenvalue weighted by Crippen LogP contribution is 2.56. The van der Waals surface area contributed by atoms with Gasteiger partial charge in [-0.15, -0.1) is 0 Å². The first-order chi connectivity index (χ1) is 18.1. The van der Waals surface area contributed by atoms with Crippen molar-refractivity contribution in [3.63, 3.8) is 0 Å². The molecule has 1 N–H and O–H groups in total. The number of aromatic amines is 1. The number of rotatable bonds is 5. The van der Waals surface area contributed by atoms with Gasteiger partial charge >= 0.3 is 6.03 Å². The van der Waals surface area contributed by atoms with Gasteiger partial charge in [0.15, 0.2) is 15.7 Å². The molecule has 7 rings (SSSR count). The summed E-state index contributed by atoms with van der Waals surface area (Å²) < 4.78 is 43.8. The van der Waals surface area contributed by atoms with E-state index < -0.39 is 15.7 Å². The summed E-state index contributed by atoms with van der Waals surface area (Å²) in [5, 5.41) is 7.56. The molecule has 3 heterocycles. The first-order valence-corrected chi connectivity index (χ1v) is 15.6. The van der Waals surface area contributed by atoms with Gasteiger partial charge < -0.3 is 14.5 Å². The van der Waals surface area contributed by atoms with Crippen molar-refractivity contribution in [1.29, 1.82) is 0 Å². The molecule has 0 unspecified atom stereocenters. The first kappa shape index (κ1) is 24.4. The first-order valence-electron chi connectivity index (χ1n) is 13.7. The Hall–Kier alpha value is -2.69. The average Bonchev–Trinajstić information content (AvgIpc) is 3.54. The predicted octanol–water partition coefficient (Wildman–Crippen LogP) is 3.85. The zero-order valence-corrected chi connectivity index (χ0v) is 22.5. The Balaban J connectivity index is 0.868. The van der Waals surface area contributed by atoms with E-state index in [-0.39, 0.29) is 33.6 Å². The highest BCUT2D eigenvalue weighted by atomic mass is 32.2. The van der Waals surface area contributed by atoms with Crippen molar-refractivity contribution in [3.05, 3.63) is 35.7 Å². The Bertz CT molecular complexity index is 1360. The van der Waals surface area contributed by atoms with E-state index in [1.54, 1.807) is 0 Å². The molecule has 5 fully saturated rings. The van der Waals surface area contributed by atoms with Gasteiger partial charge in [0, 0.05) is 55.1 Å². The summed E-state index contributed by atoms with van der Waals surface area (Å²) >= 11 is 0. The molecule has 11 heteroatoms. The fraction of sp³-hybridized carbons (Fsp3) is 0.667. The lowest BCUT2D eigenvalue weighted by Crippen LogP contribution is -2.69. The zero-order valence-electron chi connectivity index (χ0n) is 21.7. The van der Waals surface area contributed by atoms with Crippen LogP contribution in [-0.4, -0.2) is 78.0 Å². The van der Waals surface area contributed by atoms with Gasteiger partial charge in [0.2, 0.25) is 0 Å². The molecule has 2 saturated heterocycles. The smallest absolute Gasteiger partial charge is 0.320 e. The summed E-state index contributed by atoms with van der Waals surface area (Å²) in [6.45, 7) is 3.22. The third-order valence-corrected chi connectivity index (χ3v) is 10.6. The number of nitrogens with zero attached hydrogens (tertiary/aromatic N) is 4. The van der Waals surface area contributed by atoms with Crippen LogP contribution in [0.3, 0.4) is 0 Å². The summed E-state index contributed by atoms with van der Waals surface area (Å²) in [7, 11) is -3.59. The Morgan fingerprint density at radius 1 is 1.03 bits per heavy atom. The molecule has 3 aliphatic carbocycles. The maximum atomic E-state index is 13.6. The molecule has 2 aliphatic heterocycles. The fourth-order valence-corrected chi connectivity index (χ4v) is 7.93. The molecule has 38 heavy (non-hydrogen) atoms. The Kier molecular flexibility index (Phi) is 5.39. The van der Waals surface area contributed by atoms with Crippen LogP contribution in [0.5, 0.6) is 5.75 Å². The number of ether oxygens (including phenoxy) is 1. The van der Waals surface area contributed by atoms with Crippen molar-refractivity contribution in [1.82, 2.24) is 25.0 Å². The quantitative estimate of drug-likeness (QED) is 0.614. The zero-order chi connectivity index (χ0) is 26.3. The van der Waals surface area contributed by atoms with E-state index in [1.807, 2.05) is 9.80 Å². The largest absolute Gasteiger partial charge is 0.489 e. The molecule has 9 nitrogen and oxygen atoms in total. The van der Waals surface area contributed by atoms with Crippen LogP contribution in [0.2, 0.25) is 0 Å². The summed E-state index contributed by atoms with van der Waals surface area (Å²) in [4.78, 5) is 21.6. The Labute approximate surface area is 222 Å². The van der Waals surface area contributed by atoms with Crippen molar-refractivity contribution >= 4 is 15.9 Å². The Morgan fingerprint density at radius 2 is 1.68 bits per heavy atom. The minimum Gasteiger partial charge on any atom is -0.489 e. The minimum atomic E-state index is -3.59. The SMILES string of the molecule is CS(=O)(=O)c1cc(F)ccc1OC1CCC2(CC1)CN(C(=O)N1CC3(CC(c4n[nH]c(C5CC5)n4)C3)C1)C2. The van der Waals surface area contributed by atoms with Gasteiger partial charge in [0.1, 0.15) is 22.3 Å². The summed E-state index contributed by atoms with van der Waals surface area (Å²) in [6, 6.07) is 3.81. The fourth-order valence-electron chi connectivity index (χ4n) is 7.12. The van der Waals surface area contributed by atoms with Crippen LogP contribution in [-0.2, 0) is 9.84 Å². The molecule has 0 radical (unpaired) electrons. The van der Waals surface area contributed by atoms with Crippen molar-refractivity contribution < 1.29 is 22.3 Å². The number of H-pyrrole nitrogens is 1. The number of halogens is 1. The number of benzene rings is 1. The van der Waals surface area contributed by atoms with E-state index in [0.717, 1.165) is 88.7 Å². The van der Waals surface area contributed by atoms with Crippen LogP contribution in [0.1, 0.15) is 74.9 Å². The highest BCUT2D eigenvalue weighted by molar-refractivity contribution is 7.90. The molecule has 0 bridgehead atoms. The molecule has 5 aliphatic rings. The molecule has 2 amide bonds. The molecule has 3 saturated carbocycles. The van der Waals surface area contributed by atoms with Crippen LogP contribution in [0, 0.1) is 16.6 Å². The maximum Gasteiger partial charge on any atom is 0.320 e. The van der Waals surface area contributed by atoms with Crippen molar-refractivity contribution in [2.24, 2.45) is 10.8 Å². The maximum absolute atomic E-state index is 13.6. The van der Waals surface area contributed by atoms with Crippen LogP contribution in [0.15, 0.2) is 23.1 Å². The summed E-state index contributed by atoms with van der Waals surface area (Å²) in [5.74, 6) is 2.64. The average molecular weight is 544 g/mol. The van der Waals surface area contributed by atoms with Gasteiger partial charge in [-0.2, -0.15) is 5.10 Å². The number of nitrogens with one attached hydrogen (secondary N) is 1. The topological polar surface area (TPSA) is 108 Å². The van der Waals surface area contributed by atoms with E-state index in [1.165, 1.54) is 25.0 Å². The van der Waals surface area contributed by atoms with Crippen molar-refractivity contribution in [3.8, 4) is 5.75 Å². The number of likely N-dealkylation sites (tertiary alicyclic amines) is 2. The third-order valence-electron chi connectivity index (χ3n) is 9.45. The number of sulfone groups is 1. The standard InChI is InChI=1S/C27H34FN5O4S/c1-38(35,36)22-10-19(28)4-5-21(22)37-20-6-8-26(9-7-20)13-32(14-26)25(34)33-15-27(16-33)11-18(12-27)24-29-23(30-31-24)17-2-3-17/h4-5,10,17-18,20H,2-3,6-9,11-16H2,1H3,(H,29,30,31). The van der Waals surface area contributed by atoms with Gasteiger partial charge in [-0.25, -0.2) is 22.6 Å². The lowest BCUT2D eigenvalue weighted by atomic mass is 9.57. The molecule has 204 valence electrons. The number of urea groups is 1. The predicted molar refractivity (Wildman–Crippen MR) is 136 cm³/mol. The second kappa shape index (κ2) is 8.40. The highest BCUT2D eigenvalue weighted by Gasteiger charge is 2.57. The Morgan fingerprint density at radius 3 is 2.32 bits per heavy atom. The number of carbonyl (C=O) groups excluding carboxylic acids is 1. The van der Waals surface area contributed by atoms with Crippen molar-refractivity contribution in [2.45, 2.75) is 74.2 Å². The van der Waals surface area contributed by atoms with E-state index >= 15 is 0 Å². The number of amides is 2. The number of hydrogen-bond acceptors (Lipinski definition) is 6. The third kappa shape index (κ3) is 4.26. The molecule has 0 atom stereocenters. The minimum absolute atomic E-state index is 0.105. The van der Waals surface area contributed by atoms with Gasteiger partial charge in [-0.05, 0) is 69.6 Å². The molecule has 2 aromatic rings. The summed E-state index contributed by atoms with van der Waals surface area (Å²) in [6.07, 6.45) is 8.98. The normalized spacial score (nSPS) is 24.7. The molecule has 2 spiro atoms. The van der Waals surface area contributed by atoms with E-state index in [0.29, 0.717) is 11.8 Å². The number of carbonyl (C=O) groups is 1. The van der Waals surface area contributed by atoms with Crippen LogP contribution < -0.4 is 4.74 Å². The van der Waals surface area contributed by atoms with Gasteiger partial charge in [-0.3, -0.25) is 5.10 Å². The number of hydrogen-bond donors (Lipinski definition) is 1. The molecule has 1 aromatic carbocycles. The van der Waals surface area contributed by atoms with Gasteiger partial charge in [0.25, 0.3) is 0 Å². The van der Waals surface area contributed by atoms with E-state index in [4.69, 9.17) is 9.72 Å². The monoisotopic (exact) mass is 543 g/mol. The van der Waals surface area contributed by atoms with Gasteiger partial charge in [-0.1, -0.05) is 0 Å². The van der Waals surface area contributed by atoms with Crippen LogP contribution >= 0.6 is 0 Å². The second-order valence-electron chi connectivity index (χ2n) is 12.6. The molecule has 1 aromatic heterocycles. The molecular weight excluding hydrogens is 509 g/mol. The van der Waals surface area contributed by atoms with E-state index in [2.05, 4.69) is 10.2 Å². The summed E-state index contributed by atoms with van der Waals surface area (Å²) in [5.41, 5.74) is 0.386. The second-order valence-corrected chi connectivity index (χ2v) is 14.6. The van der Waals surface area contributed by atoms with Crippen molar-refractivity contribution in [2.75, 3.05) is 32.4 Å². The number of aromatic nitrogens is 3. The van der Waals surface area contributed by atoms with E-state index in [9.17, 15) is 17.6 Å². The van der Waals surface area contributed by atoms with Crippen LogP contribution in [0.25, 0.3) is 0 Å².